The molecule has 0 aliphatic rings. The summed E-state index contributed by atoms with van der Waals surface area (Å²) >= 11 is 0. The van der Waals surface area contributed by atoms with Gasteiger partial charge in [0.15, 0.2) is 5.75 Å². The number of nitrogens with zero attached hydrogens (tertiary/aromatic N) is 1. The zero-order valence-electron chi connectivity index (χ0n) is 10.5. The molecule has 0 fully saturated rings. The van der Waals surface area contributed by atoms with Crippen molar-refractivity contribution < 1.29 is 9.66 Å². The fourth-order valence-electron chi connectivity index (χ4n) is 1.55. The molecule has 96 valence electrons. The van der Waals surface area contributed by atoms with Crippen molar-refractivity contribution in [1.29, 1.82) is 0 Å². The van der Waals surface area contributed by atoms with Gasteiger partial charge in [-0.05, 0) is 18.1 Å². The first-order valence-corrected chi connectivity index (χ1v) is 5.63. The van der Waals surface area contributed by atoms with Crippen molar-refractivity contribution in [2.24, 2.45) is 0 Å². The molecule has 0 radical (unpaired) electrons. The molecule has 1 aromatic carbocycles. The fraction of sp³-hybridized carbons (Fsp3) is 0.385. The second kappa shape index (κ2) is 6.62. The highest BCUT2D eigenvalue weighted by Gasteiger charge is 2.15. The van der Waals surface area contributed by atoms with Crippen LogP contribution in [0.4, 0.5) is 5.69 Å². The zero-order valence-corrected chi connectivity index (χ0v) is 10.5. The summed E-state index contributed by atoms with van der Waals surface area (Å²) in [4.78, 5) is 10.4. The molecule has 0 spiro atoms. The minimum absolute atomic E-state index is 0.0221. The van der Waals surface area contributed by atoms with E-state index >= 15 is 0 Å². The van der Waals surface area contributed by atoms with E-state index in [2.05, 4.69) is 11.2 Å². The van der Waals surface area contributed by atoms with Gasteiger partial charge in [-0.15, -0.1) is 6.42 Å². The lowest BCUT2D eigenvalue weighted by molar-refractivity contribution is -0.385. The third-order valence-corrected chi connectivity index (χ3v) is 2.60. The van der Waals surface area contributed by atoms with Gasteiger partial charge in [0.1, 0.15) is 0 Å². The van der Waals surface area contributed by atoms with E-state index in [1.807, 2.05) is 6.92 Å². The zero-order chi connectivity index (χ0) is 13.5. The van der Waals surface area contributed by atoms with Crippen LogP contribution in [0.2, 0.25) is 0 Å². The molecule has 1 rings (SSSR count). The Morgan fingerprint density at radius 1 is 1.61 bits per heavy atom. The minimum Gasteiger partial charge on any atom is -0.490 e. The van der Waals surface area contributed by atoms with E-state index in [9.17, 15) is 10.1 Å². The molecular formula is C13H16N2O3. The Labute approximate surface area is 106 Å². The van der Waals surface area contributed by atoms with E-state index in [0.29, 0.717) is 6.54 Å². The van der Waals surface area contributed by atoms with Crippen LogP contribution in [-0.4, -0.2) is 18.1 Å². The molecule has 5 nitrogen and oxygen atoms in total. The van der Waals surface area contributed by atoms with Gasteiger partial charge in [-0.3, -0.25) is 15.4 Å². The third-order valence-electron chi connectivity index (χ3n) is 2.60. The van der Waals surface area contributed by atoms with Crippen molar-refractivity contribution in [3.8, 4) is 18.1 Å². The molecule has 0 aromatic heterocycles. The molecule has 0 saturated heterocycles. The molecule has 5 heteroatoms. The van der Waals surface area contributed by atoms with Crippen LogP contribution in [0.1, 0.15) is 18.9 Å². The average Bonchev–Trinajstić information content (AvgIpc) is 2.39. The largest absolute Gasteiger partial charge is 0.490 e. The number of terminal acetylenes is 1. The molecule has 0 heterocycles. The molecule has 18 heavy (non-hydrogen) atoms. The summed E-state index contributed by atoms with van der Waals surface area (Å²) < 4.78 is 4.94. The summed E-state index contributed by atoms with van der Waals surface area (Å²) in [5.41, 5.74) is 0.766. The number of hydrogen-bond donors (Lipinski definition) is 1. The van der Waals surface area contributed by atoms with Crippen LogP contribution in [-0.2, 0) is 6.54 Å². The highest BCUT2D eigenvalue weighted by atomic mass is 16.6. The van der Waals surface area contributed by atoms with Crippen LogP contribution in [0.25, 0.3) is 0 Å². The van der Waals surface area contributed by atoms with Gasteiger partial charge in [0.05, 0.1) is 18.1 Å². The molecule has 0 bridgehead atoms. The lowest BCUT2D eigenvalue weighted by Gasteiger charge is -2.11. The van der Waals surface area contributed by atoms with Crippen molar-refractivity contribution in [2.45, 2.75) is 25.9 Å². The van der Waals surface area contributed by atoms with Gasteiger partial charge in [-0.2, -0.15) is 0 Å². The molecule has 1 unspecified atom stereocenters. The molecule has 1 N–H and O–H groups in total. The van der Waals surface area contributed by atoms with Crippen LogP contribution >= 0.6 is 0 Å². The Kier molecular flexibility index (Phi) is 5.15. The van der Waals surface area contributed by atoms with Crippen molar-refractivity contribution >= 4 is 5.69 Å². The van der Waals surface area contributed by atoms with E-state index in [-0.39, 0.29) is 17.5 Å². The molecule has 0 amide bonds. The summed E-state index contributed by atoms with van der Waals surface area (Å²) in [6.45, 7) is 2.47. The Hall–Kier alpha value is -2.06. The van der Waals surface area contributed by atoms with Gasteiger partial charge in [0.2, 0.25) is 0 Å². The van der Waals surface area contributed by atoms with Gasteiger partial charge < -0.3 is 4.74 Å². The van der Waals surface area contributed by atoms with Gasteiger partial charge >= 0.3 is 5.69 Å². The monoisotopic (exact) mass is 248 g/mol. The SMILES string of the molecule is C#CC(CC)NCc1ccc(OC)c([N+](=O)[O-])c1. The number of nitro benzene ring substituents is 1. The van der Waals surface area contributed by atoms with Gasteiger partial charge in [-0.25, -0.2) is 0 Å². The second-order valence-corrected chi connectivity index (χ2v) is 3.77. The summed E-state index contributed by atoms with van der Waals surface area (Å²) in [5.74, 6) is 2.87. The maximum absolute atomic E-state index is 10.9. The molecule has 0 aliphatic carbocycles. The first-order valence-electron chi connectivity index (χ1n) is 5.63. The Balaban J connectivity index is 2.83. The van der Waals surface area contributed by atoms with E-state index in [1.54, 1.807) is 12.1 Å². The number of hydrogen-bond acceptors (Lipinski definition) is 4. The van der Waals surface area contributed by atoms with Crippen LogP contribution in [0.15, 0.2) is 18.2 Å². The second-order valence-electron chi connectivity index (χ2n) is 3.77. The normalized spacial score (nSPS) is 11.6. The third kappa shape index (κ3) is 3.47. The summed E-state index contributed by atoms with van der Waals surface area (Å²) in [7, 11) is 1.41. The van der Waals surface area contributed by atoms with Gasteiger partial charge in [0.25, 0.3) is 0 Å². The number of benzene rings is 1. The lowest BCUT2D eigenvalue weighted by Crippen LogP contribution is -2.26. The maximum Gasteiger partial charge on any atom is 0.311 e. The van der Waals surface area contributed by atoms with Crippen LogP contribution in [0.3, 0.4) is 0 Å². The highest BCUT2D eigenvalue weighted by Crippen LogP contribution is 2.27. The standard InChI is InChI=1S/C13H16N2O3/c1-4-11(5-2)14-9-10-6-7-13(18-3)12(8-10)15(16)17/h1,6-8,11,14H,5,9H2,2-3H3. The van der Waals surface area contributed by atoms with Crippen LogP contribution < -0.4 is 10.1 Å². The summed E-state index contributed by atoms with van der Waals surface area (Å²) in [6, 6.07) is 4.84. The van der Waals surface area contributed by atoms with Crippen LogP contribution in [0, 0.1) is 22.5 Å². The predicted octanol–water partition coefficient (Wildman–Crippen LogP) is 2.10. The minimum atomic E-state index is -0.458. The lowest BCUT2D eigenvalue weighted by atomic mass is 10.1. The van der Waals surface area contributed by atoms with E-state index in [1.165, 1.54) is 13.2 Å². The Morgan fingerprint density at radius 2 is 2.33 bits per heavy atom. The molecular weight excluding hydrogens is 232 g/mol. The average molecular weight is 248 g/mol. The van der Waals surface area contributed by atoms with E-state index in [0.717, 1.165) is 12.0 Å². The predicted molar refractivity (Wildman–Crippen MR) is 69.4 cm³/mol. The van der Waals surface area contributed by atoms with E-state index in [4.69, 9.17) is 11.2 Å². The van der Waals surface area contributed by atoms with E-state index < -0.39 is 4.92 Å². The molecule has 0 saturated carbocycles. The fourth-order valence-corrected chi connectivity index (χ4v) is 1.55. The first-order chi connectivity index (χ1) is 8.62. The van der Waals surface area contributed by atoms with Crippen LogP contribution in [0.5, 0.6) is 5.75 Å². The maximum atomic E-state index is 10.9. The van der Waals surface area contributed by atoms with Crippen molar-refractivity contribution in [3.05, 3.63) is 33.9 Å². The van der Waals surface area contributed by atoms with Crippen molar-refractivity contribution in [3.63, 3.8) is 0 Å². The number of methoxy groups -OCH3 is 1. The summed E-state index contributed by atoms with van der Waals surface area (Å²) in [5, 5.41) is 14.0. The molecule has 0 aliphatic heterocycles. The number of nitro groups is 1. The first kappa shape index (κ1) is 14.0. The van der Waals surface area contributed by atoms with Gasteiger partial charge in [0, 0.05) is 12.6 Å². The Bertz CT molecular complexity index is 466. The van der Waals surface area contributed by atoms with Crippen molar-refractivity contribution in [2.75, 3.05) is 7.11 Å². The quantitative estimate of drug-likeness (QED) is 0.475. The molecule has 1 aromatic rings. The van der Waals surface area contributed by atoms with Gasteiger partial charge in [-0.1, -0.05) is 18.9 Å². The summed E-state index contributed by atoms with van der Waals surface area (Å²) in [6.07, 6.45) is 6.14. The number of rotatable bonds is 6. The topological polar surface area (TPSA) is 64.4 Å². The molecule has 1 atom stereocenters. The highest BCUT2D eigenvalue weighted by molar-refractivity contribution is 5.48. The smallest absolute Gasteiger partial charge is 0.311 e. The van der Waals surface area contributed by atoms with Crippen molar-refractivity contribution in [1.82, 2.24) is 5.32 Å². The Morgan fingerprint density at radius 3 is 2.83 bits per heavy atom. The number of ether oxygens (including phenoxy) is 1. The number of nitrogens with one attached hydrogen (secondary N) is 1.